The third-order valence-corrected chi connectivity index (χ3v) is 4.88. The van der Waals surface area contributed by atoms with Gasteiger partial charge in [-0.3, -0.25) is 0 Å². The van der Waals surface area contributed by atoms with E-state index in [4.69, 9.17) is 4.74 Å². The van der Waals surface area contributed by atoms with Crippen molar-refractivity contribution >= 4 is 22.5 Å². The molecule has 0 heterocycles. The van der Waals surface area contributed by atoms with Crippen molar-refractivity contribution in [3.8, 4) is 11.5 Å². The lowest BCUT2D eigenvalue weighted by Crippen LogP contribution is -2.08. The van der Waals surface area contributed by atoms with Gasteiger partial charge in [0.25, 0.3) is 0 Å². The van der Waals surface area contributed by atoms with Crippen LogP contribution in [-0.2, 0) is 9.84 Å². The summed E-state index contributed by atoms with van der Waals surface area (Å²) >= 11 is 4.06. The van der Waals surface area contributed by atoms with Crippen LogP contribution in [-0.4, -0.2) is 19.9 Å². The van der Waals surface area contributed by atoms with Gasteiger partial charge in [0.2, 0.25) is 0 Å². The summed E-state index contributed by atoms with van der Waals surface area (Å²) in [6.07, 6.45) is 0.519. The number of hydrogen-bond donors (Lipinski definition) is 1. The first kappa shape index (κ1) is 14.9. The molecule has 2 rings (SSSR count). The van der Waals surface area contributed by atoms with Gasteiger partial charge in [-0.15, -0.1) is 0 Å². The normalized spacial score (nSPS) is 11.2. The molecule has 0 aliphatic carbocycles. The zero-order valence-corrected chi connectivity index (χ0v) is 12.6. The Bertz CT molecular complexity index is 652. The number of rotatable bonds is 6. The zero-order chi connectivity index (χ0) is 14.4. The maximum absolute atomic E-state index is 12.3. The summed E-state index contributed by atoms with van der Waals surface area (Å²) in [5.41, 5.74) is 0. The molecule has 0 bridgehead atoms. The number of sulfone groups is 1. The van der Waals surface area contributed by atoms with E-state index in [2.05, 4.69) is 12.6 Å². The molecule has 2 aromatic rings. The zero-order valence-electron chi connectivity index (χ0n) is 10.9. The topological polar surface area (TPSA) is 43.4 Å². The standard InChI is InChI=1S/C15H16O3S2/c16-20(17,12-6-11-19)15-10-5-4-9-14(15)18-13-7-2-1-3-8-13/h1-5,7-10,19H,6,11-12H2. The first-order valence-corrected chi connectivity index (χ1v) is 8.57. The van der Waals surface area contributed by atoms with Gasteiger partial charge in [0, 0.05) is 0 Å². The quantitative estimate of drug-likeness (QED) is 0.830. The van der Waals surface area contributed by atoms with Crippen molar-refractivity contribution in [3.05, 3.63) is 54.6 Å². The lowest BCUT2D eigenvalue weighted by atomic mass is 10.3. The molecule has 106 valence electrons. The third-order valence-electron chi connectivity index (χ3n) is 2.73. The lowest BCUT2D eigenvalue weighted by molar-refractivity contribution is 0.467. The summed E-state index contributed by atoms with van der Waals surface area (Å²) in [6, 6.07) is 15.8. The minimum atomic E-state index is -3.35. The third kappa shape index (κ3) is 3.77. The summed E-state index contributed by atoms with van der Waals surface area (Å²) in [6.45, 7) is 0. The first-order chi connectivity index (χ1) is 9.63. The maximum atomic E-state index is 12.3. The van der Waals surface area contributed by atoms with Crippen molar-refractivity contribution < 1.29 is 13.2 Å². The molecule has 0 N–H and O–H groups in total. The minimum absolute atomic E-state index is 0.0751. The smallest absolute Gasteiger partial charge is 0.182 e. The molecule has 2 aromatic carbocycles. The molecule has 0 aromatic heterocycles. The molecule has 5 heteroatoms. The Morgan fingerprint density at radius 3 is 2.30 bits per heavy atom. The van der Waals surface area contributed by atoms with Gasteiger partial charge in [0.15, 0.2) is 9.84 Å². The van der Waals surface area contributed by atoms with Crippen molar-refractivity contribution in [1.29, 1.82) is 0 Å². The van der Waals surface area contributed by atoms with Crippen LogP contribution >= 0.6 is 12.6 Å². The summed E-state index contributed by atoms with van der Waals surface area (Å²) in [7, 11) is -3.35. The molecule has 0 atom stereocenters. The molecule has 3 nitrogen and oxygen atoms in total. The molecule has 0 saturated carbocycles. The SMILES string of the molecule is O=S(=O)(CCCS)c1ccccc1Oc1ccccc1. The van der Waals surface area contributed by atoms with Crippen molar-refractivity contribution in [2.75, 3.05) is 11.5 Å². The van der Waals surface area contributed by atoms with Gasteiger partial charge in [-0.1, -0.05) is 30.3 Å². The number of benzene rings is 2. The highest BCUT2D eigenvalue weighted by molar-refractivity contribution is 7.91. The second kappa shape index (κ2) is 6.81. The van der Waals surface area contributed by atoms with Gasteiger partial charge >= 0.3 is 0 Å². The molecule has 20 heavy (non-hydrogen) atoms. The van der Waals surface area contributed by atoms with Crippen LogP contribution in [0.5, 0.6) is 11.5 Å². The van der Waals surface area contributed by atoms with E-state index in [0.29, 0.717) is 23.7 Å². The highest BCUT2D eigenvalue weighted by Gasteiger charge is 2.19. The van der Waals surface area contributed by atoms with E-state index in [1.807, 2.05) is 18.2 Å². The average Bonchev–Trinajstić information content (AvgIpc) is 2.47. The van der Waals surface area contributed by atoms with Gasteiger partial charge in [-0.05, 0) is 36.4 Å². The molecule has 0 saturated heterocycles. The highest BCUT2D eigenvalue weighted by Crippen LogP contribution is 2.29. The van der Waals surface area contributed by atoms with Crippen LogP contribution in [0.25, 0.3) is 0 Å². The Hall–Kier alpha value is -1.46. The molecule has 0 amide bonds. The van der Waals surface area contributed by atoms with Crippen LogP contribution in [0, 0.1) is 0 Å². The predicted molar refractivity (Wildman–Crippen MR) is 83.5 cm³/mol. The summed E-state index contributed by atoms with van der Waals surface area (Å²) < 4.78 is 30.3. The summed E-state index contributed by atoms with van der Waals surface area (Å²) in [5.74, 6) is 1.59. The van der Waals surface area contributed by atoms with Crippen LogP contribution in [0.3, 0.4) is 0 Å². The number of para-hydroxylation sites is 2. The van der Waals surface area contributed by atoms with Crippen LogP contribution < -0.4 is 4.74 Å². The van der Waals surface area contributed by atoms with Gasteiger partial charge < -0.3 is 4.74 Å². The van der Waals surface area contributed by atoms with E-state index in [9.17, 15) is 8.42 Å². The fourth-order valence-electron chi connectivity index (χ4n) is 1.77. The van der Waals surface area contributed by atoms with Crippen molar-refractivity contribution in [2.45, 2.75) is 11.3 Å². The minimum Gasteiger partial charge on any atom is -0.456 e. The van der Waals surface area contributed by atoms with Crippen LogP contribution in [0.4, 0.5) is 0 Å². The molecule has 0 aliphatic heterocycles. The van der Waals surface area contributed by atoms with E-state index >= 15 is 0 Å². The monoisotopic (exact) mass is 308 g/mol. The second-order valence-electron chi connectivity index (χ2n) is 4.26. The fraction of sp³-hybridized carbons (Fsp3) is 0.200. The van der Waals surface area contributed by atoms with E-state index in [1.54, 1.807) is 36.4 Å². The van der Waals surface area contributed by atoms with E-state index in [-0.39, 0.29) is 10.6 Å². The molecule has 0 unspecified atom stereocenters. The van der Waals surface area contributed by atoms with E-state index in [1.165, 1.54) is 0 Å². The Morgan fingerprint density at radius 2 is 1.60 bits per heavy atom. The van der Waals surface area contributed by atoms with Crippen molar-refractivity contribution in [1.82, 2.24) is 0 Å². The van der Waals surface area contributed by atoms with Crippen LogP contribution in [0.15, 0.2) is 59.5 Å². The molecule has 0 radical (unpaired) electrons. The van der Waals surface area contributed by atoms with Gasteiger partial charge in [0.1, 0.15) is 16.4 Å². The molecule has 0 spiro atoms. The van der Waals surface area contributed by atoms with E-state index < -0.39 is 9.84 Å². The van der Waals surface area contributed by atoms with Gasteiger partial charge in [-0.25, -0.2) is 8.42 Å². The van der Waals surface area contributed by atoms with E-state index in [0.717, 1.165) is 0 Å². The molecular formula is C15H16O3S2. The summed E-state index contributed by atoms with van der Waals surface area (Å²) in [5, 5.41) is 0. The van der Waals surface area contributed by atoms with Gasteiger partial charge in [0.05, 0.1) is 5.75 Å². The molecule has 0 aliphatic rings. The van der Waals surface area contributed by atoms with Crippen LogP contribution in [0.1, 0.15) is 6.42 Å². The maximum Gasteiger partial charge on any atom is 0.182 e. The number of ether oxygens (including phenoxy) is 1. The van der Waals surface area contributed by atoms with Gasteiger partial charge in [-0.2, -0.15) is 12.6 Å². The first-order valence-electron chi connectivity index (χ1n) is 6.29. The Kier molecular flexibility index (Phi) is 5.09. The average molecular weight is 308 g/mol. The Labute approximate surface area is 124 Å². The Balaban J connectivity index is 2.31. The number of hydrogen-bond acceptors (Lipinski definition) is 4. The fourth-order valence-corrected chi connectivity index (χ4v) is 3.59. The van der Waals surface area contributed by atoms with Crippen LogP contribution in [0.2, 0.25) is 0 Å². The largest absolute Gasteiger partial charge is 0.456 e. The highest BCUT2D eigenvalue weighted by atomic mass is 32.2. The molecular weight excluding hydrogens is 292 g/mol. The lowest BCUT2D eigenvalue weighted by Gasteiger charge is -2.11. The Morgan fingerprint density at radius 1 is 0.950 bits per heavy atom. The summed E-state index contributed by atoms with van der Waals surface area (Å²) in [4.78, 5) is 0.227. The second-order valence-corrected chi connectivity index (χ2v) is 6.78. The van der Waals surface area contributed by atoms with Crippen molar-refractivity contribution in [3.63, 3.8) is 0 Å². The predicted octanol–water partition coefficient (Wildman–Crippen LogP) is 3.57. The molecule has 0 fully saturated rings. The number of thiol groups is 1. The van der Waals surface area contributed by atoms with Crippen molar-refractivity contribution in [2.24, 2.45) is 0 Å².